The Hall–Kier alpha value is -4.04. The van der Waals surface area contributed by atoms with E-state index in [4.69, 9.17) is 10.5 Å². The number of pyridine rings is 1. The van der Waals surface area contributed by atoms with Gasteiger partial charge in [-0.05, 0) is 28.5 Å². The summed E-state index contributed by atoms with van der Waals surface area (Å²) >= 11 is 0. The molecular weight excluding hydrogens is 362 g/mol. The maximum Gasteiger partial charge on any atom is 0.258 e. The number of allylic oxidation sites excluding steroid dienone is 1. The number of nitrogens with zero attached hydrogens (tertiary/aromatic N) is 2. The Morgan fingerprint density at radius 2 is 1.76 bits per heavy atom. The van der Waals surface area contributed by atoms with Crippen LogP contribution in [-0.4, -0.2) is 4.57 Å². The first kappa shape index (κ1) is 17.1. The van der Waals surface area contributed by atoms with Gasteiger partial charge in [-0.1, -0.05) is 54.6 Å². The summed E-state index contributed by atoms with van der Waals surface area (Å²) < 4.78 is 7.44. The molecule has 3 aromatic carbocycles. The third-order valence-corrected chi connectivity index (χ3v) is 5.57. The van der Waals surface area contributed by atoms with Gasteiger partial charge in [-0.3, -0.25) is 4.79 Å². The van der Waals surface area contributed by atoms with Crippen LogP contribution in [0.1, 0.15) is 17.0 Å². The second-order valence-corrected chi connectivity index (χ2v) is 7.16. The zero-order chi connectivity index (χ0) is 20.1. The predicted molar refractivity (Wildman–Crippen MR) is 112 cm³/mol. The maximum atomic E-state index is 13.4. The van der Waals surface area contributed by atoms with Crippen molar-refractivity contribution in [3.63, 3.8) is 0 Å². The molecule has 0 unspecified atom stereocenters. The highest BCUT2D eigenvalue weighted by molar-refractivity contribution is 5.89. The summed E-state index contributed by atoms with van der Waals surface area (Å²) in [6, 6.07) is 23.6. The maximum absolute atomic E-state index is 13.4. The van der Waals surface area contributed by atoms with E-state index < -0.39 is 5.92 Å². The van der Waals surface area contributed by atoms with Crippen molar-refractivity contribution in [2.75, 3.05) is 0 Å². The molecule has 1 aromatic heterocycles. The summed E-state index contributed by atoms with van der Waals surface area (Å²) in [6.07, 6.45) is 0. The number of nitriles is 1. The first-order chi connectivity index (χ1) is 14.1. The van der Waals surface area contributed by atoms with Crippen molar-refractivity contribution >= 4 is 21.7 Å². The summed E-state index contributed by atoms with van der Waals surface area (Å²) in [6.45, 7) is 0. The molecule has 1 aliphatic rings. The minimum atomic E-state index is -0.586. The molecule has 0 saturated heterocycles. The Morgan fingerprint density at radius 1 is 1.03 bits per heavy atom. The number of nitrogens with two attached hydrogens (primary N) is 1. The van der Waals surface area contributed by atoms with E-state index in [1.165, 1.54) is 0 Å². The van der Waals surface area contributed by atoms with E-state index in [1.54, 1.807) is 11.6 Å². The van der Waals surface area contributed by atoms with Gasteiger partial charge in [-0.2, -0.15) is 5.26 Å². The Kier molecular flexibility index (Phi) is 3.68. The average Bonchev–Trinajstić information content (AvgIpc) is 2.76. The molecule has 0 bridgehead atoms. The van der Waals surface area contributed by atoms with Crippen molar-refractivity contribution in [2.24, 2.45) is 12.8 Å². The molecule has 140 valence electrons. The van der Waals surface area contributed by atoms with E-state index in [9.17, 15) is 10.1 Å². The van der Waals surface area contributed by atoms with E-state index in [0.717, 1.165) is 27.2 Å². The molecule has 29 heavy (non-hydrogen) atoms. The molecule has 5 rings (SSSR count). The first-order valence-electron chi connectivity index (χ1n) is 9.28. The number of rotatable bonds is 1. The van der Waals surface area contributed by atoms with E-state index in [0.29, 0.717) is 11.3 Å². The van der Waals surface area contributed by atoms with Crippen LogP contribution in [0.25, 0.3) is 21.7 Å². The molecule has 4 aromatic rings. The number of hydrogen-bond acceptors (Lipinski definition) is 4. The van der Waals surface area contributed by atoms with Crippen LogP contribution in [0.5, 0.6) is 5.75 Å². The van der Waals surface area contributed by atoms with Crippen molar-refractivity contribution in [1.82, 2.24) is 4.57 Å². The summed E-state index contributed by atoms with van der Waals surface area (Å²) in [5, 5.41) is 12.7. The first-order valence-corrected chi connectivity index (χ1v) is 9.28. The molecule has 0 saturated carbocycles. The van der Waals surface area contributed by atoms with E-state index in [2.05, 4.69) is 6.07 Å². The molecule has 0 spiro atoms. The van der Waals surface area contributed by atoms with Crippen LogP contribution in [0.15, 0.2) is 83.0 Å². The number of ether oxygens (including phenoxy) is 1. The minimum Gasteiger partial charge on any atom is -0.439 e. The minimum absolute atomic E-state index is 0.0385. The highest BCUT2D eigenvalue weighted by Gasteiger charge is 2.35. The van der Waals surface area contributed by atoms with Crippen molar-refractivity contribution in [1.29, 1.82) is 5.26 Å². The van der Waals surface area contributed by atoms with Gasteiger partial charge in [0.15, 0.2) is 0 Å². The van der Waals surface area contributed by atoms with Crippen LogP contribution in [0.4, 0.5) is 0 Å². The molecule has 5 heteroatoms. The summed E-state index contributed by atoms with van der Waals surface area (Å²) in [5.41, 5.74) is 8.23. The monoisotopic (exact) mass is 379 g/mol. The van der Waals surface area contributed by atoms with Crippen LogP contribution >= 0.6 is 0 Å². The summed E-state index contributed by atoms with van der Waals surface area (Å²) in [4.78, 5) is 13.4. The van der Waals surface area contributed by atoms with Gasteiger partial charge < -0.3 is 15.0 Å². The second-order valence-electron chi connectivity index (χ2n) is 7.16. The Morgan fingerprint density at radius 3 is 2.55 bits per heavy atom. The number of para-hydroxylation sites is 1. The van der Waals surface area contributed by atoms with Gasteiger partial charge in [0, 0.05) is 12.4 Å². The lowest BCUT2D eigenvalue weighted by Gasteiger charge is -2.27. The van der Waals surface area contributed by atoms with Crippen LogP contribution in [0.2, 0.25) is 0 Å². The topological polar surface area (TPSA) is 81.0 Å². The summed E-state index contributed by atoms with van der Waals surface area (Å²) in [7, 11) is 1.73. The third-order valence-electron chi connectivity index (χ3n) is 5.57. The van der Waals surface area contributed by atoms with Crippen LogP contribution in [0.3, 0.4) is 0 Å². The lowest BCUT2D eigenvalue weighted by Crippen LogP contribution is -2.31. The molecule has 1 atom stereocenters. The Balaban J connectivity index is 1.88. The van der Waals surface area contributed by atoms with Gasteiger partial charge in [0.2, 0.25) is 5.88 Å². The van der Waals surface area contributed by atoms with E-state index in [-0.39, 0.29) is 17.0 Å². The standard InChI is InChI=1S/C24H17N3O2/c1-27-19-9-5-4-8-17(19)22-21(24(27)28)20(18(13-25)23(26)29-22)16-11-10-14-6-2-3-7-15(14)12-16/h2-12,20H,26H2,1H3/t20-/m0/s1. The fourth-order valence-corrected chi connectivity index (χ4v) is 4.15. The number of fused-ring (bicyclic) bond motifs is 4. The van der Waals surface area contributed by atoms with E-state index in [1.807, 2.05) is 66.7 Å². The molecular formula is C24H17N3O2. The van der Waals surface area contributed by atoms with Gasteiger partial charge in [0.1, 0.15) is 17.4 Å². The summed E-state index contributed by atoms with van der Waals surface area (Å²) in [5.74, 6) is -0.119. The molecule has 0 radical (unpaired) electrons. The van der Waals surface area contributed by atoms with Crippen molar-refractivity contribution < 1.29 is 4.74 Å². The molecule has 1 aliphatic heterocycles. The van der Waals surface area contributed by atoms with Crippen LogP contribution in [-0.2, 0) is 7.05 Å². The number of aromatic nitrogens is 1. The van der Waals surface area contributed by atoms with Crippen molar-refractivity contribution in [3.8, 4) is 11.8 Å². The third kappa shape index (κ3) is 2.43. The van der Waals surface area contributed by atoms with Gasteiger partial charge >= 0.3 is 0 Å². The van der Waals surface area contributed by atoms with Crippen LogP contribution < -0.4 is 16.0 Å². The van der Waals surface area contributed by atoms with Gasteiger partial charge in [0.25, 0.3) is 5.56 Å². The van der Waals surface area contributed by atoms with Gasteiger partial charge in [-0.15, -0.1) is 0 Å². The SMILES string of the molecule is Cn1c(=O)c2c(c3ccccc31)OC(N)=C(C#N)[C@@H]2c1ccc2ccccc2c1. The lowest BCUT2D eigenvalue weighted by molar-refractivity contribution is 0.396. The van der Waals surface area contributed by atoms with Gasteiger partial charge in [-0.25, -0.2) is 0 Å². The predicted octanol–water partition coefficient (Wildman–Crippen LogP) is 3.91. The molecule has 5 nitrogen and oxygen atoms in total. The van der Waals surface area contributed by atoms with Crippen molar-refractivity contribution in [2.45, 2.75) is 5.92 Å². The number of hydrogen-bond donors (Lipinski definition) is 1. The normalized spacial score (nSPS) is 15.8. The van der Waals surface area contributed by atoms with Gasteiger partial charge in [0.05, 0.1) is 17.0 Å². The zero-order valence-corrected chi connectivity index (χ0v) is 15.7. The smallest absolute Gasteiger partial charge is 0.258 e. The van der Waals surface area contributed by atoms with E-state index >= 15 is 0 Å². The van der Waals surface area contributed by atoms with Crippen LogP contribution in [0, 0.1) is 11.3 Å². The number of aryl methyl sites for hydroxylation is 1. The largest absolute Gasteiger partial charge is 0.439 e. The second kappa shape index (κ2) is 6.25. The zero-order valence-electron chi connectivity index (χ0n) is 15.7. The fraction of sp³-hybridized carbons (Fsp3) is 0.0833. The molecule has 2 heterocycles. The fourth-order valence-electron chi connectivity index (χ4n) is 4.15. The quantitative estimate of drug-likeness (QED) is 0.544. The Bertz CT molecular complexity index is 1440. The highest BCUT2D eigenvalue weighted by atomic mass is 16.5. The molecule has 0 fully saturated rings. The molecule has 2 N–H and O–H groups in total. The van der Waals surface area contributed by atoms with Crippen molar-refractivity contribution in [3.05, 3.63) is 99.7 Å². The molecule has 0 amide bonds. The Labute approximate surface area is 166 Å². The lowest BCUT2D eigenvalue weighted by atomic mass is 9.82. The highest BCUT2D eigenvalue weighted by Crippen LogP contribution is 2.43. The average molecular weight is 379 g/mol. The number of benzene rings is 3. The molecule has 0 aliphatic carbocycles.